The average Bonchev–Trinajstić information content (AvgIpc) is 2.34. The molecule has 2 nitrogen and oxygen atoms in total. The van der Waals surface area contributed by atoms with E-state index < -0.39 is 0 Å². The SMILES string of the molecule is CC1=CC(C)C(C#N)=CN1Cc1ccccc1. The molecule has 0 bridgehead atoms. The van der Waals surface area contributed by atoms with Crippen molar-refractivity contribution in [3.05, 3.63) is 59.4 Å². The number of hydrogen-bond donors (Lipinski definition) is 0. The summed E-state index contributed by atoms with van der Waals surface area (Å²) in [6.07, 6.45) is 4.11. The van der Waals surface area contributed by atoms with Crippen molar-refractivity contribution in [2.45, 2.75) is 20.4 Å². The van der Waals surface area contributed by atoms with Crippen LogP contribution in [0, 0.1) is 17.2 Å². The zero-order chi connectivity index (χ0) is 12.3. The summed E-state index contributed by atoms with van der Waals surface area (Å²) in [5.74, 6) is 0.229. The van der Waals surface area contributed by atoms with Gasteiger partial charge >= 0.3 is 0 Å². The summed E-state index contributed by atoms with van der Waals surface area (Å²) in [5, 5.41) is 9.06. The third-order valence-corrected chi connectivity index (χ3v) is 3.05. The second-order valence-corrected chi connectivity index (χ2v) is 4.41. The van der Waals surface area contributed by atoms with E-state index in [9.17, 15) is 0 Å². The minimum Gasteiger partial charge on any atom is -0.347 e. The fraction of sp³-hybridized carbons (Fsp3) is 0.267. The van der Waals surface area contributed by atoms with E-state index in [4.69, 9.17) is 5.26 Å². The third-order valence-electron chi connectivity index (χ3n) is 3.05. The molecular formula is C15H16N2. The molecule has 0 saturated carbocycles. The Balaban J connectivity index is 2.19. The summed E-state index contributed by atoms with van der Waals surface area (Å²) in [6.45, 7) is 4.96. The maximum absolute atomic E-state index is 9.06. The van der Waals surface area contributed by atoms with Gasteiger partial charge in [-0.15, -0.1) is 0 Å². The first-order valence-corrected chi connectivity index (χ1v) is 5.81. The van der Waals surface area contributed by atoms with Gasteiger partial charge in [0.05, 0.1) is 11.6 Å². The lowest BCUT2D eigenvalue weighted by Crippen LogP contribution is -2.20. The minimum atomic E-state index is 0.229. The fourth-order valence-electron chi connectivity index (χ4n) is 2.02. The van der Waals surface area contributed by atoms with Crippen LogP contribution < -0.4 is 0 Å². The van der Waals surface area contributed by atoms with Gasteiger partial charge < -0.3 is 4.90 Å². The van der Waals surface area contributed by atoms with Crippen molar-refractivity contribution < 1.29 is 0 Å². The summed E-state index contributed by atoms with van der Waals surface area (Å²) in [7, 11) is 0. The lowest BCUT2D eigenvalue weighted by atomic mass is 9.98. The first kappa shape index (κ1) is 11.5. The molecular weight excluding hydrogens is 208 g/mol. The van der Waals surface area contributed by atoms with Crippen LogP contribution in [-0.4, -0.2) is 4.90 Å². The molecule has 2 rings (SSSR count). The number of benzene rings is 1. The number of hydrogen-bond acceptors (Lipinski definition) is 2. The highest BCUT2D eigenvalue weighted by Gasteiger charge is 2.16. The van der Waals surface area contributed by atoms with Gasteiger partial charge in [0.1, 0.15) is 0 Å². The molecule has 1 aliphatic heterocycles. The second-order valence-electron chi connectivity index (χ2n) is 4.41. The highest BCUT2D eigenvalue weighted by Crippen LogP contribution is 2.24. The van der Waals surface area contributed by atoms with Gasteiger partial charge in [0.2, 0.25) is 0 Å². The van der Waals surface area contributed by atoms with Gasteiger partial charge in [-0.1, -0.05) is 43.3 Å². The first-order chi connectivity index (χ1) is 8.20. The van der Waals surface area contributed by atoms with E-state index in [0.29, 0.717) is 0 Å². The quantitative estimate of drug-likeness (QED) is 0.769. The van der Waals surface area contributed by atoms with E-state index in [0.717, 1.165) is 12.1 Å². The Morgan fingerprint density at radius 1 is 1.29 bits per heavy atom. The molecule has 1 heterocycles. The highest BCUT2D eigenvalue weighted by molar-refractivity contribution is 5.32. The van der Waals surface area contributed by atoms with Crippen LogP contribution in [0.3, 0.4) is 0 Å². The van der Waals surface area contributed by atoms with E-state index in [2.05, 4.69) is 43.0 Å². The Bertz CT molecular complexity index is 491. The van der Waals surface area contributed by atoms with Crippen LogP contribution in [0.15, 0.2) is 53.9 Å². The van der Waals surface area contributed by atoms with E-state index in [1.54, 1.807) is 0 Å². The standard InChI is InChI=1S/C15H16N2/c1-12-8-13(2)17(11-15(12)9-16)10-14-6-4-3-5-7-14/h3-8,11-12H,10H2,1-2H3. The van der Waals surface area contributed by atoms with Crippen LogP contribution in [0.2, 0.25) is 0 Å². The predicted molar refractivity (Wildman–Crippen MR) is 68.6 cm³/mol. The van der Waals surface area contributed by atoms with Crippen LogP contribution in [-0.2, 0) is 6.54 Å². The normalized spacial score (nSPS) is 19.4. The minimum absolute atomic E-state index is 0.229. The zero-order valence-electron chi connectivity index (χ0n) is 10.2. The molecule has 1 atom stereocenters. The molecule has 1 unspecified atom stereocenters. The van der Waals surface area contributed by atoms with Crippen molar-refractivity contribution in [2.75, 3.05) is 0 Å². The van der Waals surface area contributed by atoms with Gasteiger partial charge in [-0.2, -0.15) is 5.26 Å². The van der Waals surface area contributed by atoms with Crippen LogP contribution in [0.4, 0.5) is 0 Å². The topological polar surface area (TPSA) is 27.0 Å². The first-order valence-electron chi connectivity index (χ1n) is 5.81. The molecule has 86 valence electrons. The molecule has 0 amide bonds. The molecule has 0 N–H and O–H groups in total. The summed E-state index contributed by atoms with van der Waals surface area (Å²) < 4.78 is 0. The molecule has 0 aromatic heterocycles. The van der Waals surface area contributed by atoms with Crippen LogP contribution in [0.5, 0.6) is 0 Å². The number of rotatable bonds is 2. The average molecular weight is 224 g/mol. The summed E-state index contributed by atoms with van der Waals surface area (Å²) in [6, 6.07) is 12.6. The van der Waals surface area contributed by atoms with Gasteiger partial charge in [0.15, 0.2) is 0 Å². The molecule has 2 heteroatoms. The van der Waals surface area contributed by atoms with Gasteiger partial charge in [0.25, 0.3) is 0 Å². The molecule has 0 spiro atoms. The van der Waals surface area contributed by atoms with Gasteiger partial charge in [-0.05, 0) is 12.5 Å². The van der Waals surface area contributed by atoms with Crippen LogP contribution >= 0.6 is 0 Å². The van der Waals surface area contributed by atoms with Crippen molar-refractivity contribution in [2.24, 2.45) is 5.92 Å². The molecule has 1 aliphatic rings. The largest absolute Gasteiger partial charge is 0.347 e. The summed E-state index contributed by atoms with van der Waals surface area (Å²) in [4.78, 5) is 2.13. The molecule has 0 aliphatic carbocycles. The van der Waals surface area contributed by atoms with E-state index in [-0.39, 0.29) is 5.92 Å². The number of nitrogens with zero attached hydrogens (tertiary/aromatic N) is 2. The van der Waals surface area contributed by atoms with Crippen LogP contribution in [0.1, 0.15) is 19.4 Å². The third kappa shape index (κ3) is 2.57. The van der Waals surface area contributed by atoms with Crippen molar-refractivity contribution in [1.82, 2.24) is 4.90 Å². The molecule has 0 fully saturated rings. The van der Waals surface area contributed by atoms with Gasteiger partial charge in [-0.25, -0.2) is 0 Å². The van der Waals surface area contributed by atoms with Crippen molar-refractivity contribution in [1.29, 1.82) is 5.26 Å². The second kappa shape index (κ2) is 4.88. The van der Waals surface area contributed by atoms with E-state index in [1.165, 1.54) is 11.3 Å². The Hall–Kier alpha value is -2.01. The van der Waals surface area contributed by atoms with E-state index in [1.807, 2.05) is 24.4 Å². The Labute approximate surface area is 102 Å². The molecule has 1 aromatic carbocycles. The van der Waals surface area contributed by atoms with Crippen molar-refractivity contribution >= 4 is 0 Å². The van der Waals surface area contributed by atoms with E-state index >= 15 is 0 Å². The zero-order valence-corrected chi connectivity index (χ0v) is 10.2. The summed E-state index contributed by atoms with van der Waals surface area (Å²) >= 11 is 0. The Morgan fingerprint density at radius 2 is 2.00 bits per heavy atom. The van der Waals surface area contributed by atoms with Crippen LogP contribution in [0.25, 0.3) is 0 Å². The lowest BCUT2D eigenvalue weighted by Gasteiger charge is -2.27. The number of nitriles is 1. The molecule has 17 heavy (non-hydrogen) atoms. The van der Waals surface area contributed by atoms with Gasteiger partial charge in [-0.3, -0.25) is 0 Å². The lowest BCUT2D eigenvalue weighted by molar-refractivity contribution is 0.438. The fourth-order valence-corrected chi connectivity index (χ4v) is 2.02. The Morgan fingerprint density at radius 3 is 2.65 bits per heavy atom. The molecule has 0 radical (unpaired) electrons. The Kier molecular flexibility index (Phi) is 3.30. The number of allylic oxidation sites excluding steroid dienone is 3. The summed E-state index contributed by atoms with van der Waals surface area (Å²) in [5.41, 5.74) is 3.29. The maximum Gasteiger partial charge on any atom is 0.0968 e. The van der Waals surface area contributed by atoms with Gasteiger partial charge in [0, 0.05) is 24.4 Å². The smallest absolute Gasteiger partial charge is 0.0968 e. The maximum atomic E-state index is 9.06. The molecule has 1 aromatic rings. The van der Waals surface area contributed by atoms with Crippen molar-refractivity contribution in [3.8, 4) is 6.07 Å². The van der Waals surface area contributed by atoms with Crippen molar-refractivity contribution in [3.63, 3.8) is 0 Å². The monoisotopic (exact) mass is 224 g/mol. The molecule has 0 saturated heterocycles. The highest BCUT2D eigenvalue weighted by atomic mass is 15.1. The predicted octanol–water partition coefficient (Wildman–Crippen LogP) is 3.45.